The van der Waals surface area contributed by atoms with Crippen molar-refractivity contribution in [1.29, 1.82) is 0 Å². The lowest BCUT2D eigenvalue weighted by atomic mass is 10.4. The first-order valence-electron chi connectivity index (χ1n) is 13.1. The second-order valence-corrected chi connectivity index (χ2v) is 19.5. The Hall–Kier alpha value is -3.37. The van der Waals surface area contributed by atoms with Gasteiger partial charge in [-0.05, 0) is 32.0 Å². The zero-order valence-corrected chi connectivity index (χ0v) is 24.4. The maximum Gasteiger partial charge on any atom is 0.390 e. The van der Waals surface area contributed by atoms with E-state index >= 15 is 0 Å². The predicted octanol–water partition coefficient (Wildman–Crippen LogP) is 3.93. The van der Waals surface area contributed by atoms with E-state index in [4.69, 9.17) is 12.3 Å². The molecule has 0 spiro atoms. The van der Waals surface area contributed by atoms with Crippen LogP contribution in [0.1, 0.15) is 6.92 Å². The van der Waals surface area contributed by atoms with Gasteiger partial charge in [-0.15, -0.1) is 0 Å². The lowest BCUT2D eigenvalue weighted by molar-refractivity contribution is 0.258. The first-order chi connectivity index (χ1) is 18.7. The molecule has 1 aliphatic heterocycles. The van der Waals surface area contributed by atoms with Crippen molar-refractivity contribution in [3.05, 3.63) is 152 Å². The third kappa shape index (κ3) is 4.25. The Morgan fingerprint density at radius 1 is 0.368 bits per heavy atom. The molecule has 3 nitrogen and oxygen atoms in total. The van der Waals surface area contributed by atoms with E-state index in [-0.39, 0.29) is 0 Å². The van der Waals surface area contributed by atoms with E-state index in [1.807, 2.05) is 0 Å². The molecule has 5 aromatic carbocycles. The zero-order valence-electron chi connectivity index (χ0n) is 21.4. The molecule has 0 amide bonds. The molecule has 1 heterocycles. The first-order valence-corrected chi connectivity index (χ1v) is 18.7. The molecule has 6 rings (SSSR count). The molecule has 188 valence electrons. The van der Waals surface area contributed by atoms with E-state index in [1.165, 1.54) is 0 Å². The van der Waals surface area contributed by atoms with Crippen molar-refractivity contribution in [2.45, 2.75) is 13.0 Å². The SMILES string of the molecule is CC[Si]1(c2ccccc2)O[Si](c2ccccc2)(c2ccccc2)O[Si](c2ccccc2)(c2ccccc2)O1. The minimum Gasteiger partial charge on any atom is -0.405 e. The minimum atomic E-state index is -3.28. The van der Waals surface area contributed by atoms with Crippen LogP contribution in [0.4, 0.5) is 0 Å². The van der Waals surface area contributed by atoms with Gasteiger partial charge in [-0.2, -0.15) is 0 Å². The summed E-state index contributed by atoms with van der Waals surface area (Å²) in [6.07, 6.45) is 0. The second kappa shape index (κ2) is 10.4. The van der Waals surface area contributed by atoms with Crippen molar-refractivity contribution in [2.24, 2.45) is 0 Å². The molecule has 38 heavy (non-hydrogen) atoms. The van der Waals surface area contributed by atoms with Crippen molar-refractivity contribution in [3.63, 3.8) is 0 Å². The summed E-state index contributed by atoms with van der Waals surface area (Å²) >= 11 is 0. The Labute approximate surface area is 228 Å². The average Bonchev–Trinajstić information content (AvgIpc) is 3.03. The largest absolute Gasteiger partial charge is 0.405 e. The summed E-state index contributed by atoms with van der Waals surface area (Å²) in [6, 6.07) is 53.6. The van der Waals surface area contributed by atoms with Crippen LogP contribution in [0, 0.1) is 0 Å². The minimum absolute atomic E-state index is 0.767. The van der Waals surface area contributed by atoms with E-state index in [2.05, 4.69) is 159 Å². The highest BCUT2D eigenvalue weighted by Crippen LogP contribution is 2.33. The van der Waals surface area contributed by atoms with Gasteiger partial charge in [0.15, 0.2) is 0 Å². The molecule has 0 saturated carbocycles. The van der Waals surface area contributed by atoms with Crippen LogP contribution in [-0.2, 0) is 12.3 Å². The van der Waals surface area contributed by atoms with Crippen LogP contribution in [0.5, 0.6) is 0 Å². The number of rotatable bonds is 6. The van der Waals surface area contributed by atoms with Gasteiger partial charge in [-0.1, -0.05) is 159 Å². The fraction of sp³-hybridized carbons (Fsp3) is 0.0625. The van der Waals surface area contributed by atoms with Crippen LogP contribution in [0.3, 0.4) is 0 Å². The third-order valence-electron chi connectivity index (χ3n) is 7.20. The molecule has 0 aromatic heterocycles. The van der Waals surface area contributed by atoms with Crippen LogP contribution in [0.15, 0.2) is 152 Å². The van der Waals surface area contributed by atoms with Crippen LogP contribution in [-0.4, -0.2) is 25.7 Å². The molecule has 1 aliphatic rings. The van der Waals surface area contributed by atoms with Gasteiger partial charge in [0.2, 0.25) is 0 Å². The highest BCUT2D eigenvalue weighted by atomic mass is 28.5. The monoisotopic (exact) mass is 546 g/mol. The topological polar surface area (TPSA) is 27.7 Å². The lowest BCUT2D eigenvalue weighted by Crippen LogP contribution is -2.85. The van der Waals surface area contributed by atoms with E-state index < -0.39 is 25.7 Å². The highest BCUT2D eigenvalue weighted by molar-refractivity contribution is 7.13. The van der Waals surface area contributed by atoms with Crippen LogP contribution in [0.2, 0.25) is 6.04 Å². The Kier molecular flexibility index (Phi) is 6.84. The lowest BCUT2D eigenvalue weighted by Gasteiger charge is -2.53. The molecule has 0 unspecified atom stereocenters. The smallest absolute Gasteiger partial charge is 0.390 e. The number of benzene rings is 5. The molecule has 1 fully saturated rings. The zero-order chi connectivity index (χ0) is 25.9. The van der Waals surface area contributed by atoms with E-state index in [1.54, 1.807) is 0 Å². The Balaban J connectivity index is 1.72. The predicted molar refractivity (Wildman–Crippen MR) is 161 cm³/mol. The Morgan fingerprint density at radius 3 is 0.895 bits per heavy atom. The summed E-state index contributed by atoms with van der Waals surface area (Å²) in [5.41, 5.74) is 0. The molecule has 0 bridgehead atoms. The molecule has 1 saturated heterocycles. The van der Waals surface area contributed by atoms with Gasteiger partial charge in [-0.3, -0.25) is 0 Å². The summed E-state index contributed by atoms with van der Waals surface area (Å²) in [5.74, 6) is 0. The summed E-state index contributed by atoms with van der Waals surface area (Å²) < 4.78 is 22.7. The van der Waals surface area contributed by atoms with Crippen LogP contribution >= 0.6 is 0 Å². The van der Waals surface area contributed by atoms with Gasteiger partial charge < -0.3 is 12.3 Å². The van der Waals surface area contributed by atoms with Gasteiger partial charge in [0, 0.05) is 0 Å². The van der Waals surface area contributed by atoms with Gasteiger partial charge in [-0.25, -0.2) is 0 Å². The third-order valence-corrected chi connectivity index (χ3v) is 21.0. The molecule has 0 atom stereocenters. The van der Waals surface area contributed by atoms with Crippen LogP contribution in [0.25, 0.3) is 0 Å². The van der Waals surface area contributed by atoms with Gasteiger partial charge in [0.1, 0.15) is 0 Å². The summed E-state index contributed by atoms with van der Waals surface area (Å²) in [5, 5.41) is 5.52. The molecule has 6 heteroatoms. The standard InChI is InChI=1S/C32H30O3Si3/c1-2-36(28-18-8-3-9-19-28)33-37(29-20-10-4-11-21-29,30-22-12-5-13-23-30)35-38(34-36,31-24-14-6-15-25-31)32-26-16-7-17-27-32/h3-27H,2H2,1H3. The first kappa shape index (κ1) is 24.9. The van der Waals surface area contributed by atoms with E-state index in [0.717, 1.165) is 32.0 Å². The van der Waals surface area contributed by atoms with Crippen molar-refractivity contribution < 1.29 is 12.3 Å². The maximum atomic E-state index is 7.65. The Bertz CT molecular complexity index is 1300. The fourth-order valence-electron chi connectivity index (χ4n) is 5.32. The van der Waals surface area contributed by atoms with Gasteiger partial charge in [0.25, 0.3) is 0 Å². The molecular formula is C32H30O3Si3. The summed E-state index contributed by atoms with van der Waals surface area (Å²) in [4.78, 5) is 0. The molecule has 0 aliphatic carbocycles. The fourth-order valence-corrected chi connectivity index (χ4v) is 22.5. The molecule has 5 aromatic rings. The van der Waals surface area contributed by atoms with Crippen LogP contribution < -0.4 is 25.9 Å². The molecule has 0 radical (unpaired) electrons. The Morgan fingerprint density at radius 2 is 0.632 bits per heavy atom. The second-order valence-electron chi connectivity index (χ2n) is 9.48. The normalized spacial score (nSPS) is 17.5. The van der Waals surface area contributed by atoms with E-state index in [0.29, 0.717) is 0 Å². The highest BCUT2D eigenvalue weighted by Gasteiger charge is 2.65. The summed E-state index contributed by atoms with van der Waals surface area (Å²) in [7, 11) is -9.59. The number of hydrogen-bond acceptors (Lipinski definition) is 3. The molecule has 0 N–H and O–H groups in total. The average molecular weight is 547 g/mol. The molecular weight excluding hydrogens is 517 g/mol. The van der Waals surface area contributed by atoms with Crippen molar-refractivity contribution >= 4 is 51.6 Å². The van der Waals surface area contributed by atoms with Gasteiger partial charge in [0.05, 0.1) is 0 Å². The quantitative estimate of drug-likeness (QED) is 0.302. The van der Waals surface area contributed by atoms with Gasteiger partial charge >= 0.3 is 25.7 Å². The summed E-state index contributed by atoms with van der Waals surface area (Å²) in [6.45, 7) is 2.20. The maximum absolute atomic E-state index is 7.65. The van der Waals surface area contributed by atoms with Crippen molar-refractivity contribution in [1.82, 2.24) is 0 Å². The van der Waals surface area contributed by atoms with Crippen molar-refractivity contribution in [3.8, 4) is 0 Å². The van der Waals surface area contributed by atoms with Crippen molar-refractivity contribution in [2.75, 3.05) is 0 Å². The number of hydrogen-bond donors (Lipinski definition) is 0. The van der Waals surface area contributed by atoms with E-state index in [9.17, 15) is 0 Å².